The fourth-order valence-electron chi connectivity index (χ4n) is 1.86. The van der Waals surface area contributed by atoms with Crippen LogP contribution in [-0.4, -0.2) is 15.7 Å². The van der Waals surface area contributed by atoms with E-state index >= 15 is 0 Å². The first kappa shape index (κ1) is 12.8. The molecule has 2 rings (SSSR count). The van der Waals surface area contributed by atoms with Crippen LogP contribution < -0.4 is 5.32 Å². The van der Waals surface area contributed by atoms with Crippen LogP contribution in [0, 0.1) is 18.3 Å². The van der Waals surface area contributed by atoms with Gasteiger partial charge < -0.3 is 5.32 Å². The SMILES string of the molecule is Cc1nn(C)cc1NC(=O)C(C#N)c1ccccc1. The molecule has 1 unspecified atom stereocenters. The summed E-state index contributed by atoms with van der Waals surface area (Å²) in [6, 6.07) is 11.0. The van der Waals surface area contributed by atoms with E-state index in [1.807, 2.05) is 24.3 Å². The number of aryl methyl sites for hydroxylation is 2. The Labute approximate surface area is 111 Å². The average molecular weight is 254 g/mol. The molecule has 2 aromatic rings. The minimum absolute atomic E-state index is 0.343. The van der Waals surface area contributed by atoms with Crippen LogP contribution in [0.3, 0.4) is 0 Å². The second-order valence-corrected chi connectivity index (χ2v) is 4.26. The Morgan fingerprint density at radius 1 is 1.42 bits per heavy atom. The number of rotatable bonds is 3. The highest BCUT2D eigenvalue weighted by Crippen LogP contribution is 2.19. The van der Waals surface area contributed by atoms with E-state index in [-0.39, 0.29) is 5.91 Å². The van der Waals surface area contributed by atoms with E-state index in [0.717, 1.165) is 5.69 Å². The van der Waals surface area contributed by atoms with Crippen molar-refractivity contribution in [2.75, 3.05) is 5.32 Å². The molecule has 1 atom stereocenters. The first-order valence-electron chi connectivity index (χ1n) is 5.87. The topological polar surface area (TPSA) is 70.7 Å². The predicted molar refractivity (Wildman–Crippen MR) is 71.4 cm³/mol. The fourth-order valence-corrected chi connectivity index (χ4v) is 1.86. The van der Waals surface area contributed by atoms with Crippen molar-refractivity contribution in [2.24, 2.45) is 7.05 Å². The Kier molecular flexibility index (Phi) is 3.62. The number of nitriles is 1. The van der Waals surface area contributed by atoms with Crippen LogP contribution in [0.2, 0.25) is 0 Å². The summed E-state index contributed by atoms with van der Waals surface area (Å²) in [4.78, 5) is 12.1. The quantitative estimate of drug-likeness (QED) is 0.910. The van der Waals surface area contributed by atoms with Gasteiger partial charge in [-0.3, -0.25) is 9.48 Å². The largest absolute Gasteiger partial charge is 0.322 e. The van der Waals surface area contributed by atoms with E-state index in [1.165, 1.54) is 0 Å². The number of nitrogens with zero attached hydrogens (tertiary/aromatic N) is 3. The van der Waals surface area contributed by atoms with Crippen LogP contribution in [0.4, 0.5) is 5.69 Å². The van der Waals surface area contributed by atoms with Crippen molar-refractivity contribution in [3.05, 3.63) is 47.8 Å². The summed E-state index contributed by atoms with van der Waals surface area (Å²) in [7, 11) is 1.78. The maximum atomic E-state index is 12.1. The van der Waals surface area contributed by atoms with E-state index in [1.54, 1.807) is 37.0 Å². The second-order valence-electron chi connectivity index (χ2n) is 4.26. The summed E-state index contributed by atoms with van der Waals surface area (Å²) >= 11 is 0. The molecule has 0 spiro atoms. The third-order valence-electron chi connectivity index (χ3n) is 2.80. The number of anilines is 1. The van der Waals surface area contributed by atoms with Gasteiger partial charge in [-0.15, -0.1) is 0 Å². The molecule has 1 aromatic heterocycles. The Morgan fingerprint density at radius 2 is 2.11 bits per heavy atom. The van der Waals surface area contributed by atoms with Crippen molar-refractivity contribution in [2.45, 2.75) is 12.8 Å². The van der Waals surface area contributed by atoms with Crippen LogP contribution in [-0.2, 0) is 11.8 Å². The number of aromatic nitrogens is 2. The summed E-state index contributed by atoms with van der Waals surface area (Å²) in [6.45, 7) is 1.81. The lowest BCUT2D eigenvalue weighted by Gasteiger charge is -2.09. The average Bonchev–Trinajstić information content (AvgIpc) is 2.70. The predicted octanol–water partition coefficient (Wildman–Crippen LogP) is 1.97. The molecular formula is C14H14N4O. The smallest absolute Gasteiger partial charge is 0.246 e. The molecule has 0 aliphatic rings. The number of nitrogens with one attached hydrogen (secondary N) is 1. The maximum Gasteiger partial charge on any atom is 0.246 e. The van der Waals surface area contributed by atoms with Crippen LogP contribution in [0.15, 0.2) is 36.5 Å². The van der Waals surface area contributed by atoms with Gasteiger partial charge in [-0.1, -0.05) is 30.3 Å². The highest BCUT2D eigenvalue weighted by atomic mass is 16.1. The summed E-state index contributed by atoms with van der Waals surface area (Å²) in [5.41, 5.74) is 2.04. The lowest BCUT2D eigenvalue weighted by Crippen LogP contribution is -2.20. The molecule has 0 aliphatic heterocycles. The number of hydrogen-bond acceptors (Lipinski definition) is 3. The molecule has 19 heavy (non-hydrogen) atoms. The molecule has 0 fully saturated rings. The molecule has 1 aromatic carbocycles. The zero-order valence-electron chi connectivity index (χ0n) is 10.8. The van der Waals surface area contributed by atoms with Crippen molar-refractivity contribution >= 4 is 11.6 Å². The molecule has 5 nitrogen and oxygen atoms in total. The lowest BCUT2D eigenvalue weighted by atomic mass is 10.00. The first-order valence-corrected chi connectivity index (χ1v) is 5.87. The minimum Gasteiger partial charge on any atom is -0.322 e. The van der Waals surface area contributed by atoms with Crippen molar-refractivity contribution in [3.8, 4) is 6.07 Å². The molecule has 1 N–H and O–H groups in total. The zero-order valence-corrected chi connectivity index (χ0v) is 10.8. The van der Waals surface area contributed by atoms with E-state index in [0.29, 0.717) is 11.3 Å². The van der Waals surface area contributed by atoms with E-state index in [9.17, 15) is 10.1 Å². The highest BCUT2D eigenvalue weighted by Gasteiger charge is 2.21. The molecule has 1 amide bonds. The summed E-state index contributed by atoms with van der Waals surface area (Å²) in [5.74, 6) is -1.16. The van der Waals surface area contributed by atoms with Gasteiger partial charge in [0.25, 0.3) is 0 Å². The van der Waals surface area contributed by atoms with Crippen LogP contribution in [0.5, 0.6) is 0 Å². The van der Waals surface area contributed by atoms with E-state index < -0.39 is 5.92 Å². The Morgan fingerprint density at radius 3 is 2.63 bits per heavy atom. The summed E-state index contributed by atoms with van der Waals surface area (Å²) in [5, 5.41) is 16.0. The molecule has 0 bridgehead atoms. The van der Waals surface area contributed by atoms with Gasteiger partial charge in [0.15, 0.2) is 5.92 Å². The van der Waals surface area contributed by atoms with Gasteiger partial charge in [0.05, 0.1) is 17.5 Å². The van der Waals surface area contributed by atoms with Crippen LogP contribution >= 0.6 is 0 Å². The third-order valence-corrected chi connectivity index (χ3v) is 2.80. The maximum absolute atomic E-state index is 12.1. The minimum atomic E-state index is -0.819. The first-order chi connectivity index (χ1) is 9.11. The number of carbonyl (C=O) groups is 1. The van der Waals surface area contributed by atoms with Crippen molar-refractivity contribution in [1.29, 1.82) is 5.26 Å². The normalized spacial score (nSPS) is 11.6. The Bertz CT molecular complexity index is 625. The lowest BCUT2D eigenvalue weighted by molar-refractivity contribution is -0.116. The number of hydrogen-bond donors (Lipinski definition) is 1. The molecule has 5 heteroatoms. The molecule has 0 saturated heterocycles. The van der Waals surface area contributed by atoms with E-state index in [4.69, 9.17) is 0 Å². The molecule has 96 valence electrons. The molecule has 1 heterocycles. The molecule has 0 aliphatic carbocycles. The van der Waals surface area contributed by atoms with Gasteiger partial charge in [0, 0.05) is 13.2 Å². The van der Waals surface area contributed by atoms with Gasteiger partial charge in [0.1, 0.15) is 0 Å². The third kappa shape index (κ3) is 2.80. The monoisotopic (exact) mass is 254 g/mol. The van der Waals surface area contributed by atoms with Crippen LogP contribution in [0.1, 0.15) is 17.2 Å². The summed E-state index contributed by atoms with van der Waals surface area (Å²) in [6.07, 6.45) is 1.71. The second kappa shape index (κ2) is 5.36. The standard InChI is InChI=1S/C14H14N4O/c1-10-13(9-18(2)17-10)16-14(19)12(8-15)11-6-4-3-5-7-11/h3-7,9,12H,1-2H3,(H,16,19). The number of carbonyl (C=O) groups excluding carboxylic acids is 1. The Hall–Kier alpha value is -2.61. The van der Waals surface area contributed by atoms with Gasteiger partial charge in [0.2, 0.25) is 5.91 Å². The molecule has 0 radical (unpaired) electrons. The summed E-state index contributed by atoms with van der Waals surface area (Å²) < 4.78 is 1.62. The molecule has 0 saturated carbocycles. The fraction of sp³-hybridized carbons (Fsp3) is 0.214. The van der Waals surface area contributed by atoms with Crippen LogP contribution in [0.25, 0.3) is 0 Å². The van der Waals surface area contributed by atoms with Crippen molar-refractivity contribution in [3.63, 3.8) is 0 Å². The van der Waals surface area contributed by atoms with E-state index in [2.05, 4.69) is 10.4 Å². The van der Waals surface area contributed by atoms with Gasteiger partial charge in [-0.2, -0.15) is 10.4 Å². The van der Waals surface area contributed by atoms with Gasteiger partial charge in [-0.05, 0) is 12.5 Å². The van der Waals surface area contributed by atoms with Gasteiger partial charge in [-0.25, -0.2) is 0 Å². The van der Waals surface area contributed by atoms with Gasteiger partial charge >= 0.3 is 0 Å². The highest BCUT2D eigenvalue weighted by molar-refractivity contribution is 5.98. The van der Waals surface area contributed by atoms with Crippen molar-refractivity contribution in [1.82, 2.24) is 9.78 Å². The zero-order chi connectivity index (χ0) is 13.8. The number of benzene rings is 1. The number of amides is 1. The molecular weight excluding hydrogens is 240 g/mol. The Balaban J connectivity index is 2.19. The van der Waals surface area contributed by atoms with Crippen molar-refractivity contribution < 1.29 is 4.79 Å².